The van der Waals surface area contributed by atoms with E-state index in [0.29, 0.717) is 11.5 Å². The van der Waals surface area contributed by atoms with E-state index in [4.69, 9.17) is 0 Å². The zero-order chi connectivity index (χ0) is 13.1. The lowest BCUT2D eigenvalue weighted by molar-refractivity contribution is 0.102. The van der Waals surface area contributed by atoms with Crippen LogP contribution in [0.5, 0.6) is 0 Å². The second kappa shape index (κ2) is 4.87. The van der Waals surface area contributed by atoms with Crippen LogP contribution in [0, 0.1) is 6.92 Å². The van der Waals surface area contributed by atoms with Gasteiger partial charge in [-0.15, -0.1) is 0 Å². The van der Waals surface area contributed by atoms with Crippen molar-refractivity contribution in [2.24, 2.45) is 7.05 Å². The molecule has 2 N–H and O–H groups in total. The molecule has 0 fully saturated rings. The maximum absolute atomic E-state index is 12.0. The van der Waals surface area contributed by atoms with Gasteiger partial charge in [-0.3, -0.25) is 14.5 Å². The monoisotopic (exact) mass is 245 g/mol. The molecule has 6 nitrogen and oxygen atoms in total. The van der Waals surface area contributed by atoms with Gasteiger partial charge in [0.2, 0.25) is 0 Å². The van der Waals surface area contributed by atoms with Crippen LogP contribution in [-0.4, -0.2) is 27.7 Å². The van der Waals surface area contributed by atoms with Crippen molar-refractivity contribution in [3.8, 4) is 0 Å². The third-order valence-corrected chi connectivity index (χ3v) is 2.52. The molecule has 2 aromatic rings. The molecule has 0 aromatic carbocycles. The smallest absolute Gasteiger partial charge is 0.275 e. The molecule has 0 spiro atoms. The van der Waals surface area contributed by atoms with E-state index < -0.39 is 0 Å². The minimum atomic E-state index is -0.255. The van der Waals surface area contributed by atoms with Crippen LogP contribution < -0.4 is 10.6 Å². The van der Waals surface area contributed by atoms with Crippen LogP contribution in [0.1, 0.15) is 16.2 Å². The highest BCUT2D eigenvalue weighted by atomic mass is 16.2. The third kappa shape index (κ3) is 2.48. The molecule has 2 heterocycles. The van der Waals surface area contributed by atoms with Gasteiger partial charge in [-0.25, -0.2) is 0 Å². The minimum absolute atomic E-state index is 0.255. The van der Waals surface area contributed by atoms with Gasteiger partial charge in [0, 0.05) is 32.0 Å². The van der Waals surface area contributed by atoms with Crippen molar-refractivity contribution in [2.75, 3.05) is 17.7 Å². The van der Waals surface area contributed by atoms with Crippen LogP contribution in [0.3, 0.4) is 0 Å². The highest BCUT2D eigenvalue weighted by Crippen LogP contribution is 2.11. The van der Waals surface area contributed by atoms with Crippen molar-refractivity contribution >= 4 is 17.4 Å². The molecule has 2 rings (SSSR count). The van der Waals surface area contributed by atoms with Crippen molar-refractivity contribution in [1.82, 2.24) is 14.8 Å². The van der Waals surface area contributed by atoms with E-state index in [1.807, 2.05) is 6.92 Å². The Bertz CT molecular complexity index is 576. The molecule has 0 saturated heterocycles. The summed E-state index contributed by atoms with van der Waals surface area (Å²) >= 11 is 0. The number of aryl methyl sites for hydroxylation is 2. The van der Waals surface area contributed by atoms with Gasteiger partial charge in [0.25, 0.3) is 5.91 Å². The molecule has 0 aliphatic carbocycles. The van der Waals surface area contributed by atoms with Gasteiger partial charge in [0.1, 0.15) is 11.5 Å². The van der Waals surface area contributed by atoms with Crippen LogP contribution >= 0.6 is 0 Å². The maximum Gasteiger partial charge on any atom is 0.275 e. The lowest BCUT2D eigenvalue weighted by atomic mass is 10.3. The number of carbonyl (C=O) groups excluding carboxylic acids is 1. The van der Waals surface area contributed by atoms with Gasteiger partial charge >= 0.3 is 0 Å². The Labute approximate surface area is 105 Å². The number of pyridine rings is 1. The standard InChI is InChI=1S/C12H15N5O/c1-8-6-11(17(3)16-8)15-12(18)10-7-9(13-2)4-5-14-10/h4-7H,1-3H3,(H,13,14)(H,15,18). The van der Waals surface area contributed by atoms with E-state index in [9.17, 15) is 4.79 Å². The molecule has 0 saturated carbocycles. The first kappa shape index (κ1) is 12.1. The Hall–Kier alpha value is -2.37. The molecule has 0 aliphatic heterocycles. The van der Waals surface area contributed by atoms with Gasteiger partial charge in [-0.1, -0.05) is 0 Å². The number of anilines is 2. The summed E-state index contributed by atoms with van der Waals surface area (Å²) in [7, 11) is 3.57. The predicted molar refractivity (Wildman–Crippen MR) is 69.7 cm³/mol. The Morgan fingerprint density at radius 1 is 1.39 bits per heavy atom. The first-order valence-electron chi connectivity index (χ1n) is 5.56. The summed E-state index contributed by atoms with van der Waals surface area (Å²) in [5, 5.41) is 9.89. The SMILES string of the molecule is CNc1ccnc(C(=O)Nc2cc(C)nn2C)c1. The van der Waals surface area contributed by atoms with E-state index in [2.05, 4.69) is 20.7 Å². The van der Waals surface area contributed by atoms with Crippen molar-refractivity contribution in [3.63, 3.8) is 0 Å². The molecule has 0 radical (unpaired) electrons. The molecule has 94 valence electrons. The zero-order valence-corrected chi connectivity index (χ0v) is 10.6. The molecule has 6 heteroatoms. The van der Waals surface area contributed by atoms with Crippen molar-refractivity contribution in [1.29, 1.82) is 0 Å². The Morgan fingerprint density at radius 3 is 2.78 bits per heavy atom. The predicted octanol–water partition coefficient (Wildman–Crippen LogP) is 1.42. The molecule has 0 unspecified atom stereocenters. The topological polar surface area (TPSA) is 71.8 Å². The molecular weight excluding hydrogens is 230 g/mol. The molecule has 0 bridgehead atoms. The first-order valence-corrected chi connectivity index (χ1v) is 5.56. The average Bonchev–Trinajstić information content (AvgIpc) is 2.68. The number of nitrogens with zero attached hydrogens (tertiary/aromatic N) is 3. The van der Waals surface area contributed by atoms with Gasteiger partial charge in [0.15, 0.2) is 0 Å². The molecular formula is C12H15N5O. The van der Waals surface area contributed by atoms with Crippen LogP contribution in [0.4, 0.5) is 11.5 Å². The lowest BCUT2D eigenvalue weighted by Gasteiger charge is -2.05. The van der Waals surface area contributed by atoms with E-state index >= 15 is 0 Å². The average molecular weight is 245 g/mol. The number of hydrogen-bond donors (Lipinski definition) is 2. The molecule has 1 amide bonds. The van der Waals surface area contributed by atoms with Crippen molar-refractivity contribution in [2.45, 2.75) is 6.92 Å². The normalized spacial score (nSPS) is 10.2. The van der Waals surface area contributed by atoms with Crippen molar-refractivity contribution < 1.29 is 4.79 Å². The molecule has 18 heavy (non-hydrogen) atoms. The minimum Gasteiger partial charge on any atom is -0.388 e. The van der Waals surface area contributed by atoms with E-state index in [1.54, 1.807) is 43.2 Å². The molecule has 0 atom stereocenters. The Kier molecular flexibility index (Phi) is 3.27. The summed E-state index contributed by atoms with van der Waals surface area (Å²) in [6.07, 6.45) is 1.59. The number of carbonyl (C=O) groups is 1. The Balaban J connectivity index is 2.19. The second-order valence-corrected chi connectivity index (χ2v) is 3.93. The fourth-order valence-corrected chi connectivity index (χ4v) is 1.62. The summed E-state index contributed by atoms with van der Waals surface area (Å²) in [5.74, 6) is 0.393. The number of nitrogens with one attached hydrogen (secondary N) is 2. The summed E-state index contributed by atoms with van der Waals surface area (Å²) in [6, 6.07) is 5.30. The summed E-state index contributed by atoms with van der Waals surface area (Å²) in [6.45, 7) is 1.87. The van der Waals surface area contributed by atoms with Crippen LogP contribution in [0.15, 0.2) is 24.4 Å². The second-order valence-electron chi connectivity index (χ2n) is 3.93. The fourth-order valence-electron chi connectivity index (χ4n) is 1.62. The fraction of sp³-hybridized carbons (Fsp3) is 0.250. The van der Waals surface area contributed by atoms with E-state index in [1.165, 1.54) is 0 Å². The number of hydrogen-bond acceptors (Lipinski definition) is 4. The largest absolute Gasteiger partial charge is 0.388 e. The number of rotatable bonds is 3. The van der Waals surface area contributed by atoms with Crippen LogP contribution in [0.2, 0.25) is 0 Å². The zero-order valence-electron chi connectivity index (χ0n) is 10.6. The van der Waals surface area contributed by atoms with E-state index in [-0.39, 0.29) is 5.91 Å². The van der Waals surface area contributed by atoms with Gasteiger partial charge in [-0.05, 0) is 19.1 Å². The van der Waals surface area contributed by atoms with E-state index in [0.717, 1.165) is 11.4 Å². The molecule has 0 aliphatic rings. The maximum atomic E-state index is 12.0. The van der Waals surface area contributed by atoms with Crippen molar-refractivity contribution in [3.05, 3.63) is 35.8 Å². The summed E-state index contributed by atoms with van der Waals surface area (Å²) in [4.78, 5) is 16.0. The lowest BCUT2D eigenvalue weighted by Crippen LogP contribution is -2.16. The summed E-state index contributed by atoms with van der Waals surface area (Å²) in [5.41, 5.74) is 2.06. The highest BCUT2D eigenvalue weighted by molar-refractivity contribution is 6.02. The quantitative estimate of drug-likeness (QED) is 0.857. The van der Waals surface area contributed by atoms with Crippen LogP contribution in [-0.2, 0) is 7.05 Å². The summed E-state index contributed by atoms with van der Waals surface area (Å²) < 4.78 is 1.62. The third-order valence-electron chi connectivity index (χ3n) is 2.52. The number of amides is 1. The highest BCUT2D eigenvalue weighted by Gasteiger charge is 2.10. The van der Waals surface area contributed by atoms with Crippen LogP contribution in [0.25, 0.3) is 0 Å². The van der Waals surface area contributed by atoms with Gasteiger partial charge in [-0.2, -0.15) is 5.10 Å². The molecule has 2 aromatic heterocycles. The Morgan fingerprint density at radius 2 is 2.17 bits per heavy atom. The van der Waals surface area contributed by atoms with Gasteiger partial charge in [0.05, 0.1) is 5.69 Å². The first-order chi connectivity index (χ1) is 8.60. The van der Waals surface area contributed by atoms with Gasteiger partial charge < -0.3 is 10.6 Å². The number of aromatic nitrogens is 3.